The van der Waals surface area contributed by atoms with E-state index in [0.717, 1.165) is 53.9 Å². The molecule has 1 saturated carbocycles. The Morgan fingerprint density at radius 2 is 1.74 bits per heavy atom. The minimum absolute atomic E-state index is 0.0604. The molecule has 6 heteroatoms. The van der Waals surface area contributed by atoms with E-state index in [-0.39, 0.29) is 22.6 Å². The number of fused-ring (bicyclic) bond motifs is 3. The zero-order valence-electron chi connectivity index (χ0n) is 15.5. The SMILES string of the molecule is COc1ccc(OC)c2c1[C@H](c1cccc([N+](=O)[O-])c1)O[C@@H]1CCCC[C@@H]21. The molecule has 0 amide bonds. The highest BCUT2D eigenvalue weighted by atomic mass is 16.6. The van der Waals surface area contributed by atoms with Gasteiger partial charge >= 0.3 is 0 Å². The molecule has 0 N–H and O–H groups in total. The summed E-state index contributed by atoms with van der Waals surface area (Å²) < 4.78 is 17.9. The molecule has 0 aromatic heterocycles. The Morgan fingerprint density at radius 3 is 2.44 bits per heavy atom. The summed E-state index contributed by atoms with van der Waals surface area (Å²) in [7, 11) is 3.32. The molecule has 27 heavy (non-hydrogen) atoms. The van der Waals surface area contributed by atoms with E-state index in [1.807, 2.05) is 18.2 Å². The Morgan fingerprint density at radius 1 is 1.04 bits per heavy atom. The predicted molar refractivity (Wildman–Crippen MR) is 101 cm³/mol. The maximum Gasteiger partial charge on any atom is 0.269 e. The van der Waals surface area contributed by atoms with Crippen LogP contribution >= 0.6 is 0 Å². The Balaban J connectivity index is 1.91. The maximum atomic E-state index is 11.3. The molecule has 2 aromatic carbocycles. The van der Waals surface area contributed by atoms with Crippen molar-refractivity contribution in [2.75, 3.05) is 14.2 Å². The van der Waals surface area contributed by atoms with Gasteiger partial charge in [0.1, 0.15) is 17.6 Å². The molecule has 1 heterocycles. The number of rotatable bonds is 4. The van der Waals surface area contributed by atoms with Crippen LogP contribution in [-0.4, -0.2) is 25.2 Å². The Bertz CT molecular complexity index is 866. The monoisotopic (exact) mass is 369 g/mol. The largest absolute Gasteiger partial charge is 0.496 e. The van der Waals surface area contributed by atoms with Gasteiger partial charge in [0.15, 0.2) is 0 Å². The Kier molecular flexibility index (Phi) is 4.74. The van der Waals surface area contributed by atoms with Crippen LogP contribution in [0.25, 0.3) is 0 Å². The fourth-order valence-corrected chi connectivity index (χ4v) is 4.48. The van der Waals surface area contributed by atoms with E-state index < -0.39 is 6.10 Å². The quantitative estimate of drug-likeness (QED) is 0.574. The van der Waals surface area contributed by atoms with E-state index >= 15 is 0 Å². The third-order valence-corrected chi connectivity index (χ3v) is 5.68. The topological polar surface area (TPSA) is 70.8 Å². The zero-order chi connectivity index (χ0) is 19.0. The molecule has 0 unspecified atom stereocenters. The lowest BCUT2D eigenvalue weighted by atomic mass is 9.75. The van der Waals surface area contributed by atoms with Crippen LogP contribution in [-0.2, 0) is 4.74 Å². The number of hydrogen-bond donors (Lipinski definition) is 0. The average Bonchev–Trinajstić information content (AvgIpc) is 2.72. The minimum Gasteiger partial charge on any atom is -0.496 e. The summed E-state index contributed by atoms with van der Waals surface area (Å²) in [5, 5.41) is 11.3. The normalized spacial score (nSPS) is 23.9. The van der Waals surface area contributed by atoms with Crippen LogP contribution in [0.5, 0.6) is 11.5 Å². The van der Waals surface area contributed by atoms with E-state index in [4.69, 9.17) is 14.2 Å². The highest BCUT2D eigenvalue weighted by Gasteiger charge is 2.41. The Labute approximate surface area is 158 Å². The van der Waals surface area contributed by atoms with Gasteiger partial charge in [-0.05, 0) is 30.5 Å². The van der Waals surface area contributed by atoms with Gasteiger partial charge in [0.05, 0.1) is 25.2 Å². The summed E-state index contributed by atoms with van der Waals surface area (Å²) in [6.45, 7) is 0. The lowest BCUT2D eigenvalue weighted by Gasteiger charge is -2.42. The number of nitrogens with zero attached hydrogens (tertiary/aromatic N) is 1. The minimum atomic E-state index is -0.413. The number of non-ortho nitro benzene ring substituents is 1. The van der Waals surface area contributed by atoms with Crippen molar-refractivity contribution < 1.29 is 19.1 Å². The molecule has 142 valence electrons. The van der Waals surface area contributed by atoms with Crippen molar-refractivity contribution in [1.29, 1.82) is 0 Å². The van der Waals surface area contributed by atoms with Gasteiger partial charge in [-0.2, -0.15) is 0 Å². The molecule has 1 aliphatic heterocycles. The number of methoxy groups -OCH3 is 2. The molecule has 0 spiro atoms. The van der Waals surface area contributed by atoms with Crippen molar-refractivity contribution in [3.05, 3.63) is 63.2 Å². The fourth-order valence-electron chi connectivity index (χ4n) is 4.48. The third-order valence-electron chi connectivity index (χ3n) is 5.68. The zero-order valence-corrected chi connectivity index (χ0v) is 15.5. The molecule has 1 fully saturated rings. The maximum absolute atomic E-state index is 11.3. The van der Waals surface area contributed by atoms with Crippen molar-refractivity contribution in [2.24, 2.45) is 0 Å². The summed E-state index contributed by atoms with van der Waals surface area (Å²) in [4.78, 5) is 10.9. The molecule has 4 rings (SSSR count). The second-order valence-electron chi connectivity index (χ2n) is 7.10. The number of benzene rings is 2. The van der Waals surface area contributed by atoms with E-state index in [9.17, 15) is 10.1 Å². The molecule has 0 saturated heterocycles. The van der Waals surface area contributed by atoms with E-state index in [2.05, 4.69) is 0 Å². The Hall–Kier alpha value is -2.60. The summed E-state index contributed by atoms with van der Waals surface area (Å²) in [6.07, 6.45) is 3.98. The molecular weight excluding hydrogens is 346 g/mol. The van der Waals surface area contributed by atoms with Crippen LogP contribution in [0.4, 0.5) is 5.69 Å². The van der Waals surface area contributed by atoms with E-state index in [1.165, 1.54) is 6.07 Å². The first-order valence-corrected chi connectivity index (χ1v) is 9.28. The van der Waals surface area contributed by atoms with Crippen molar-refractivity contribution in [1.82, 2.24) is 0 Å². The summed E-state index contributed by atoms with van der Waals surface area (Å²) in [5.74, 6) is 1.82. The number of ether oxygens (including phenoxy) is 3. The molecule has 0 radical (unpaired) electrons. The van der Waals surface area contributed by atoms with Crippen LogP contribution in [0.3, 0.4) is 0 Å². The first-order chi connectivity index (χ1) is 13.1. The predicted octanol–water partition coefficient (Wildman–Crippen LogP) is 4.76. The van der Waals surface area contributed by atoms with Crippen molar-refractivity contribution >= 4 is 5.69 Å². The van der Waals surface area contributed by atoms with Crippen molar-refractivity contribution in [3.63, 3.8) is 0 Å². The van der Waals surface area contributed by atoms with Gasteiger partial charge in [0.2, 0.25) is 0 Å². The molecule has 6 nitrogen and oxygen atoms in total. The first kappa shape index (κ1) is 17.8. The van der Waals surface area contributed by atoms with Gasteiger partial charge < -0.3 is 14.2 Å². The first-order valence-electron chi connectivity index (χ1n) is 9.28. The lowest BCUT2D eigenvalue weighted by molar-refractivity contribution is -0.385. The standard InChI is InChI=1S/C21H23NO5/c1-25-17-10-11-18(26-2)20-19(17)15-8-3-4-9-16(15)27-21(20)13-6-5-7-14(12-13)22(23)24/h5-7,10-12,15-16,21H,3-4,8-9H2,1-2H3/t15-,16-,21+/m1/s1. The van der Waals surface area contributed by atoms with E-state index in [1.54, 1.807) is 26.4 Å². The summed E-state index contributed by atoms with van der Waals surface area (Å²) in [6, 6.07) is 10.5. The van der Waals surface area contributed by atoms with Gasteiger partial charge in [0, 0.05) is 29.2 Å². The molecule has 2 aromatic rings. The number of nitro benzene ring substituents is 1. The van der Waals surface area contributed by atoms with Crippen LogP contribution in [0.15, 0.2) is 36.4 Å². The van der Waals surface area contributed by atoms with Crippen molar-refractivity contribution in [3.8, 4) is 11.5 Å². The smallest absolute Gasteiger partial charge is 0.269 e. The van der Waals surface area contributed by atoms with Gasteiger partial charge in [-0.25, -0.2) is 0 Å². The second-order valence-corrected chi connectivity index (χ2v) is 7.10. The summed E-state index contributed by atoms with van der Waals surface area (Å²) >= 11 is 0. The third kappa shape index (κ3) is 3.04. The molecule has 1 aliphatic carbocycles. The fraction of sp³-hybridized carbons (Fsp3) is 0.429. The number of hydrogen-bond acceptors (Lipinski definition) is 5. The highest BCUT2D eigenvalue weighted by Crippen LogP contribution is 2.52. The molecule has 0 bridgehead atoms. The van der Waals surface area contributed by atoms with Gasteiger partial charge in [0.25, 0.3) is 5.69 Å². The van der Waals surface area contributed by atoms with Crippen LogP contribution in [0.1, 0.15) is 54.4 Å². The van der Waals surface area contributed by atoms with Gasteiger partial charge in [-0.3, -0.25) is 10.1 Å². The van der Waals surface area contributed by atoms with Crippen LogP contribution in [0.2, 0.25) is 0 Å². The molecule has 3 atom stereocenters. The number of nitro groups is 1. The van der Waals surface area contributed by atoms with Crippen molar-refractivity contribution in [2.45, 2.75) is 43.8 Å². The molecular formula is C21H23NO5. The highest BCUT2D eigenvalue weighted by molar-refractivity contribution is 5.56. The van der Waals surface area contributed by atoms with Crippen LogP contribution in [0, 0.1) is 10.1 Å². The second kappa shape index (κ2) is 7.19. The van der Waals surface area contributed by atoms with Gasteiger partial charge in [-0.1, -0.05) is 25.0 Å². The van der Waals surface area contributed by atoms with Crippen LogP contribution < -0.4 is 9.47 Å². The summed E-state index contributed by atoms with van der Waals surface area (Å²) in [5.41, 5.74) is 2.89. The molecule has 2 aliphatic rings. The van der Waals surface area contributed by atoms with Gasteiger partial charge in [-0.15, -0.1) is 0 Å². The van der Waals surface area contributed by atoms with E-state index in [0.29, 0.717) is 0 Å². The average molecular weight is 369 g/mol. The lowest BCUT2D eigenvalue weighted by Crippen LogP contribution is -2.34.